The number of carbonyl (C=O) groups excluding carboxylic acids is 1. The molecule has 0 aliphatic rings. The average Bonchev–Trinajstić information content (AvgIpc) is 2.21. The number of hydrogen-bond donors (Lipinski definition) is 2. The molecule has 6 heteroatoms. The number of amides is 1. The van der Waals surface area contributed by atoms with Crippen molar-refractivity contribution in [1.82, 2.24) is 0 Å². The average molecular weight is 274 g/mol. The molecule has 0 unspecified atom stereocenters. The lowest BCUT2D eigenvalue weighted by Gasteiger charge is -2.17. The van der Waals surface area contributed by atoms with E-state index in [2.05, 4.69) is 5.32 Å². The summed E-state index contributed by atoms with van der Waals surface area (Å²) in [5.41, 5.74) is 5.24. The van der Waals surface area contributed by atoms with E-state index in [-0.39, 0.29) is 22.9 Å². The van der Waals surface area contributed by atoms with Crippen LogP contribution >= 0.6 is 11.8 Å². The van der Waals surface area contributed by atoms with E-state index in [0.717, 1.165) is 18.2 Å². The van der Waals surface area contributed by atoms with Crippen LogP contribution in [0.15, 0.2) is 18.2 Å². The number of thioether (sulfide) groups is 1. The Morgan fingerprint density at radius 2 is 2.11 bits per heavy atom. The third-order valence-corrected chi connectivity index (χ3v) is 3.32. The highest BCUT2D eigenvalue weighted by molar-refractivity contribution is 8.00. The summed E-state index contributed by atoms with van der Waals surface area (Å²) in [6.45, 7) is 3.70. The van der Waals surface area contributed by atoms with Crippen molar-refractivity contribution in [1.29, 1.82) is 0 Å². The predicted molar refractivity (Wildman–Crippen MR) is 70.6 cm³/mol. The minimum absolute atomic E-state index is 0.146. The number of halogens is 2. The van der Waals surface area contributed by atoms with Crippen molar-refractivity contribution in [3.05, 3.63) is 29.8 Å². The zero-order valence-electron chi connectivity index (χ0n) is 10.3. The number of benzene rings is 1. The second-order valence-corrected chi connectivity index (χ2v) is 5.64. The molecule has 0 saturated heterocycles. The van der Waals surface area contributed by atoms with Crippen LogP contribution in [0.4, 0.5) is 14.5 Å². The molecule has 1 rings (SSSR count). The largest absolute Gasteiger partial charge is 0.325 e. The van der Waals surface area contributed by atoms with E-state index in [0.29, 0.717) is 5.75 Å². The molecule has 1 aromatic carbocycles. The van der Waals surface area contributed by atoms with Gasteiger partial charge in [-0.2, -0.15) is 11.8 Å². The lowest BCUT2D eigenvalue weighted by molar-refractivity contribution is -0.113. The summed E-state index contributed by atoms with van der Waals surface area (Å²) in [6.07, 6.45) is 0. The van der Waals surface area contributed by atoms with E-state index in [1.54, 1.807) is 0 Å². The third kappa shape index (κ3) is 5.46. The molecule has 1 aromatic rings. The monoisotopic (exact) mass is 274 g/mol. The number of rotatable bonds is 5. The molecule has 0 spiro atoms. The summed E-state index contributed by atoms with van der Waals surface area (Å²) in [5.74, 6) is -0.882. The SMILES string of the molecule is CC(C)(N)CSCC(=O)Nc1cc(F)ccc1F. The van der Waals surface area contributed by atoms with Crippen molar-refractivity contribution in [3.63, 3.8) is 0 Å². The van der Waals surface area contributed by atoms with Crippen LogP contribution in [-0.2, 0) is 4.79 Å². The number of carbonyl (C=O) groups is 1. The fourth-order valence-electron chi connectivity index (χ4n) is 1.19. The molecule has 0 atom stereocenters. The van der Waals surface area contributed by atoms with Crippen LogP contribution in [0.25, 0.3) is 0 Å². The first kappa shape index (κ1) is 14.9. The Kier molecular flexibility index (Phi) is 5.10. The zero-order valence-corrected chi connectivity index (χ0v) is 11.1. The van der Waals surface area contributed by atoms with Crippen molar-refractivity contribution in [3.8, 4) is 0 Å². The minimum atomic E-state index is -0.658. The van der Waals surface area contributed by atoms with Gasteiger partial charge in [0.15, 0.2) is 0 Å². The maximum Gasteiger partial charge on any atom is 0.234 e. The molecule has 0 saturated carbocycles. The molecule has 0 radical (unpaired) electrons. The highest BCUT2D eigenvalue weighted by Crippen LogP contribution is 2.16. The molecule has 3 N–H and O–H groups in total. The van der Waals surface area contributed by atoms with Gasteiger partial charge in [-0.05, 0) is 26.0 Å². The van der Waals surface area contributed by atoms with Crippen LogP contribution in [0.1, 0.15) is 13.8 Å². The number of anilines is 1. The molecule has 0 aliphatic carbocycles. The Hall–Kier alpha value is -1.14. The van der Waals surface area contributed by atoms with Crippen molar-refractivity contribution in [2.24, 2.45) is 5.73 Å². The molecule has 3 nitrogen and oxygen atoms in total. The van der Waals surface area contributed by atoms with Crippen LogP contribution in [0, 0.1) is 11.6 Å². The van der Waals surface area contributed by atoms with E-state index in [1.165, 1.54) is 11.8 Å². The third-order valence-electron chi connectivity index (χ3n) is 1.91. The van der Waals surface area contributed by atoms with Crippen molar-refractivity contribution >= 4 is 23.4 Å². The van der Waals surface area contributed by atoms with E-state index in [4.69, 9.17) is 5.73 Å². The van der Waals surface area contributed by atoms with Crippen molar-refractivity contribution < 1.29 is 13.6 Å². The molecular formula is C12H16F2N2OS. The number of nitrogens with one attached hydrogen (secondary N) is 1. The topological polar surface area (TPSA) is 55.1 Å². The second-order valence-electron chi connectivity index (χ2n) is 4.65. The Morgan fingerprint density at radius 3 is 2.72 bits per heavy atom. The fraction of sp³-hybridized carbons (Fsp3) is 0.417. The normalized spacial score (nSPS) is 11.4. The first-order valence-electron chi connectivity index (χ1n) is 5.39. The first-order chi connectivity index (χ1) is 8.28. The summed E-state index contributed by atoms with van der Waals surface area (Å²) in [6, 6.07) is 2.92. The molecule has 18 heavy (non-hydrogen) atoms. The van der Waals surface area contributed by atoms with Crippen LogP contribution in [0.5, 0.6) is 0 Å². The van der Waals surface area contributed by atoms with Crippen molar-refractivity contribution in [2.75, 3.05) is 16.8 Å². The molecule has 0 fully saturated rings. The van der Waals surface area contributed by atoms with E-state index >= 15 is 0 Å². The lowest BCUT2D eigenvalue weighted by Crippen LogP contribution is -2.35. The maximum absolute atomic E-state index is 13.2. The van der Waals surface area contributed by atoms with Gasteiger partial charge in [0.05, 0.1) is 11.4 Å². The Labute approximate surface area is 109 Å². The summed E-state index contributed by atoms with van der Waals surface area (Å²) in [7, 11) is 0. The summed E-state index contributed by atoms with van der Waals surface area (Å²) in [5, 5.41) is 2.32. The van der Waals surface area contributed by atoms with Crippen LogP contribution in [0.2, 0.25) is 0 Å². The van der Waals surface area contributed by atoms with Gasteiger partial charge in [-0.25, -0.2) is 8.78 Å². The van der Waals surface area contributed by atoms with Crippen LogP contribution < -0.4 is 11.1 Å². The maximum atomic E-state index is 13.2. The molecule has 0 aromatic heterocycles. The molecule has 1 amide bonds. The van der Waals surface area contributed by atoms with Gasteiger partial charge in [0.25, 0.3) is 0 Å². The van der Waals surface area contributed by atoms with Gasteiger partial charge in [0, 0.05) is 17.4 Å². The Bertz CT molecular complexity index is 433. The molecule has 0 bridgehead atoms. The van der Waals surface area contributed by atoms with Crippen LogP contribution in [0.3, 0.4) is 0 Å². The van der Waals surface area contributed by atoms with Gasteiger partial charge >= 0.3 is 0 Å². The standard InChI is InChI=1S/C12H16F2N2OS/c1-12(2,15)7-18-6-11(17)16-10-5-8(13)3-4-9(10)14/h3-5H,6-7,15H2,1-2H3,(H,16,17). The highest BCUT2D eigenvalue weighted by atomic mass is 32.2. The fourth-order valence-corrected chi connectivity index (χ4v) is 2.07. The zero-order chi connectivity index (χ0) is 13.8. The van der Waals surface area contributed by atoms with E-state index in [9.17, 15) is 13.6 Å². The second kappa shape index (κ2) is 6.15. The Morgan fingerprint density at radius 1 is 1.44 bits per heavy atom. The minimum Gasteiger partial charge on any atom is -0.325 e. The predicted octanol–water partition coefficient (Wildman–Crippen LogP) is 2.37. The number of hydrogen-bond acceptors (Lipinski definition) is 3. The van der Waals surface area contributed by atoms with E-state index < -0.39 is 11.6 Å². The van der Waals surface area contributed by atoms with Gasteiger partial charge in [-0.3, -0.25) is 4.79 Å². The van der Waals surface area contributed by atoms with Gasteiger partial charge in [0.1, 0.15) is 11.6 Å². The molecule has 0 aliphatic heterocycles. The molecule has 100 valence electrons. The highest BCUT2D eigenvalue weighted by Gasteiger charge is 2.13. The Balaban J connectivity index is 2.47. The summed E-state index contributed by atoms with van der Waals surface area (Å²) < 4.78 is 26.1. The smallest absolute Gasteiger partial charge is 0.234 e. The van der Waals surface area contributed by atoms with E-state index in [1.807, 2.05) is 13.8 Å². The summed E-state index contributed by atoms with van der Waals surface area (Å²) in [4.78, 5) is 11.5. The van der Waals surface area contributed by atoms with Gasteiger partial charge in [-0.1, -0.05) is 0 Å². The van der Waals surface area contributed by atoms with Gasteiger partial charge in [0.2, 0.25) is 5.91 Å². The van der Waals surface area contributed by atoms with Gasteiger partial charge in [-0.15, -0.1) is 0 Å². The molecular weight excluding hydrogens is 258 g/mol. The summed E-state index contributed by atoms with van der Waals surface area (Å²) >= 11 is 1.34. The van der Waals surface area contributed by atoms with Gasteiger partial charge < -0.3 is 11.1 Å². The molecule has 0 heterocycles. The van der Waals surface area contributed by atoms with Crippen molar-refractivity contribution in [2.45, 2.75) is 19.4 Å². The van der Waals surface area contributed by atoms with Crippen LogP contribution in [-0.4, -0.2) is 23.0 Å². The first-order valence-corrected chi connectivity index (χ1v) is 6.55. The number of nitrogens with two attached hydrogens (primary N) is 1. The quantitative estimate of drug-likeness (QED) is 0.866. The lowest BCUT2D eigenvalue weighted by atomic mass is 10.1.